The second-order valence-electron chi connectivity index (χ2n) is 3.59. The van der Waals surface area contributed by atoms with Crippen LogP contribution in [0.1, 0.15) is 5.56 Å². The Bertz CT molecular complexity index is 676. The lowest BCUT2D eigenvalue weighted by Crippen LogP contribution is -2.07. The Hall–Kier alpha value is -2.29. The van der Waals surface area contributed by atoms with Crippen molar-refractivity contribution >= 4 is 23.6 Å². The van der Waals surface area contributed by atoms with Gasteiger partial charge in [0, 0.05) is 0 Å². The van der Waals surface area contributed by atoms with E-state index in [2.05, 4.69) is 20.7 Å². The van der Waals surface area contributed by atoms with E-state index in [1.54, 1.807) is 0 Å². The van der Waals surface area contributed by atoms with E-state index in [0.29, 0.717) is 6.21 Å². The zero-order valence-corrected chi connectivity index (χ0v) is 10.6. The average molecular weight is 323 g/mol. The summed E-state index contributed by atoms with van der Waals surface area (Å²) < 4.78 is 65.2. The Morgan fingerprint density at radius 3 is 2.00 bits per heavy atom. The topological polar surface area (TPSA) is 50.2 Å². The van der Waals surface area contributed by atoms with Gasteiger partial charge < -0.3 is 0 Å². The van der Waals surface area contributed by atoms with Gasteiger partial charge in [0.25, 0.3) is 0 Å². The summed E-state index contributed by atoms with van der Waals surface area (Å²) in [4.78, 5) is 0. The first-order valence-corrected chi connectivity index (χ1v) is 5.59. The van der Waals surface area contributed by atoms with Gasteiger partial charge in [-0.1, -0.05) is 11.6 Å². The van der Waals surface area contributed by atoms with Gasteiger partial charge in [-0.25, -0.2) is 22.0 Å². The normalized spacial score (nSPS) is 11.1. The van der Waals surface area contributed by atoms with Crippen molar-refractivity contribution in [1.82, 2.24) is 10.2 Å². The van der Waals surface area contributed by atoms with Crippen LogP contribution in [0.4, 0.5) is 27.8 Å². The van der Waals surface area contributed by atoms with Crippen molar-refractivity contribution < 1.29 is 22.0 Å². The standard InChI is InChI=1S/C11H4ClF5N4/c12-5-1-2-6(21-19-5)20-18-3-4-7(13)9(15)11(17)10(16)8(4)14/h1-3H,(H,20,21)/b18-3-. The van der Waals surface area contributed by atoms with Crippen molar-refractivity contribution in [2.75, 3.05) is 5.43 Å². The molecule has 0 saturated carbocycles. The number of halogens is 6. The number of nitrogens with one attached hydrogen (secondary N) is 1. The first-order valence-electron chi connectivity index (χ1n) is 5.21. The largest absolute Gasteiger partial charge is 0.260 e. The minimum Gasteiger partial charge on any atom is -0.260 e. The zero-order valence-electron chi connectivity index (χ0n) is 9.84. The van der Waals surface area contributed by atoms with Gasteiger partial charge >= 0.3 is 0 Å². The number of rotatable bonds is 3. The number of hydrazone groups is 1. The molecular weight excluding hydrogens is 319 g/mol. The predicted octanol–water partition coefficient (Wildman–Crippen LogP) is 3.27. The van der Waals surface area contributed by atoms with Crippen molar-refractivity contribution in [2.45, 2.75) is 0 Å². The third kappa shape index (κ3) is 3.07. The Balaban J connectivity index is 2.27. The molecule has 1 aromatic carbocycles. The van der Waals surface area contributed by atoms with Crippen LogP contribution in [0.3, 0.4) is 0 Å². The van der Waals surface area contributed by atoms with Gasteiger partial charge in [0.15, 0.2) is 34.2 Å². The number of benzene rings is 1. The number of aromatic nitrogens is 2. The molecule has 1 N–H and O–H groups in total. The highest BCUT2D eigenvalue weighted by Crippen LogP contribution is 2.21. The lowest BCUT2D eigenvalue weighted by molar-refractivity contribution is 0.377. The molecule has 0 unspecified atom stereocenters. The van der Waals surface area contributed by atoms with Crippen LogP contribution < -0.4 is 5.43 Å². The monoisotopic (exact) mass is 322 g/mol. The molecule has 0 aliphatic carbocycles. The summed E-state index contributed by atoms with van der Waals surface area (Å²) in [6.45, 7) is 0. The van der Waals surface area contributed by atoms with Crippen molar-refractivity contribution in [3.05, 3.63) is 51.9 Å². The van der Waals surface area contributed by atoms with Crippen LogP contribution in [0.15, 0.2) is 17.2 Å². The smallest absolute Gasteiger partial charge is 0.200 e. The maximum absolute atomic E-state index is 13.3. The Kier molecular flexibility index (Phi) is 4.32. The molecule has 0 atom stereocenters. The molecule has 0 aliphatic rings. The number of anilines is 1. The summed E-state index contributed by atoms with van der Waals surface area (Å²) in [5, 5.41) is 10.4. The molecule has 1 heterocycles. The van der Waals surface area contributed by atoms with Crippen molar-refractivity contribution in [1.29, 1.82) is 0 Å². The maximum atomic E-state index is 13.3. The van der Waals surface area contributed by atoms with Crippen LogP contribution in [0.2, 0.25) is 5.15 Å². The fourth-order valence-corrected chi connectivity index (χ4v) is 1.37. The highest BCUT2D eigenvalue weighted by Gasteiger charge is 2.24. The highest BCUT2D eigenvalue weighted by atomic mass is 35.5. The highest BCUT2D eigenvalue weighted by molar-refractivity contribution is 6.29. The second kappa shape index (κ2) is 6.00. The van der Waals surface area contributed by atoms with Crippen molar-refractivity contribution in [3.63, 3.8) is 0 Å². The fourth-order valence-electron chi connectivity index (χ4n) is 1.27. The van der Waals surface area contributed by atoms with E-state index in [1.165, 1.54) is 12.1 Å². The summed E-state index contributed by atoms with van der Waals surface area (Å²) in [5.74, 6) is -10.3. The molecular formula is C11H4ClF5N4. The molecule has 21 heavy (non-hydrogen) atoms. The summed E-state index contributed by atoms with van der Waals surface area (Å²) >= 11 is 5.47. The van der Waals surface area contributed by atoms with Crippen LogP contribution in [-0.4, -0.2) is 16.4 Å². The Morgan fingerprint density at radius 1 is 0.905 bits per heavy atom. The van der Waals surface area contributed by atoms with Crippen LogP contribution in [-0.2, 0) is 0 Å². The van der Waals surface area contributed by atoms with Gasteiger partial charge in [0.2, 0.25) is 5.82 Å². The first-order chi connectivity index (χ1) is 9.91. The molecule has 0 fully saturated rings. The number of nitrogens with zero attached hydrogens (tertiary/aromatic N) is 3. The van der Waals surface area contributed by atoms with E-state index in [4.69, 9.17) is 11.6 Å². The fraction of sp³-hybridized carbons (Fsp3) is 0. The quantitative estimate of drug-likeness (QED) is 0.310. The van der Waals surface area contributed by atoms with E-state index in [-0.39, 0.29) is 11.0 Å². The van der Waals surface area contributed by atoms with Crippen LogP contribution >= 0.6 is 11.6 Å². The third-order valence-electron chi connectivity index (χ3n) is 2.25. The summed E-state index contributed by atoms with van der Waals surface area (Å²) in [6.07, 6.45) is 0.437. The molecule has 0 bridgehead atoms. The lowest BCUT2D eigenvalue weighted by atomic mass is 10.2. The van der Waals surface area contributed by atoms with E-state index in [9.17, 15) is 22.0 Å². The van der Waals surface area contributed by atoms with Crippen molar-refractivity contribution in [2.24, 2.45) is 5.10 Å². The molecule has 10 heteroatoms. The van der Waals surface area contributed by atoms with Gasteiger partial charge in [-0.2, -0.15) is 5.10 Å². The van der Waals surface area contributed by atoms with Crippen LogP contribution in [0.25, 0.3) is 0 Å². The molecule has 0 amide bonds. The Labute approximate surface area is 119 Å². The molecule has 2 rings (SSSR count). The van der Waals surface area contributed by atoms with Crippen LogP contribution in [0, 0.1) is 29.1 Å². The second-order valence-corrected chi connectivity index (χ2v) is 3.98. The Morgan fingerprint density at radius 2 is 1.48 bits per heavy atom. The minimum atomic E-state index is -2.24. The van der Waals surface area contributed by atoms with Gasteiger partial charge in [0.05, 0.1) is 11.8 Å². The minimum absolute atomic E-state index is 0.0551. The predicted molar refractivity (Wildman–Crippen MR) is 64.5 cm³/mol. The molecule has 2 aromatic rings. The molecule has 110 valence electrons. The number of hydrogen-bond donors (Lipinski definition) is 1. The lowest BCUT2D eigenvalue weighted by Gasteiger charge is -2.04. The third-order valence-corrected chi connectivity index (χ3v) is 2.45. The molecule has 0 saturated heterocycles. The van der Waals surface area contributed by atoms with E-state index in [1.807, 2.05) is 0 Å². The van der Waals surface area contributed by atoms with Crippen LogP contribution in [0.5, 0.6) is 0 Å². The molecule has 0 aliphatic heterocycles. The summed E-state index contributed by atoms with van der Waals surface area (Å²) in [5.41, 5.74) is 1.01. The van der Waals surface area contributed by atoms with Crippen molar-refractivity contribution in [3.8, 4) is 0 Å². The van der Waals surface area contributed by atoms with Gasteiger partial charge in [-0.05, 0) is 12.1 Å². The average Bonchev–Trinajstić information content (AvgIpc) is 2.48. The first kappa shape index (κ1) is 15.1. The van der Waals surface area contributed by atoms with Gasteiger partial charge in [0.1, 0.15) is 0 Å². The maximum Gasteiger partial charge on any atom is 0.200 e. The summed E-state index contributed by atoms with van der Waals surface area (Å²) in [7, 11) is 0. The molecule has 0 radical (unpaired) electrons. The molecule has 4 nitrogen and oxygen atoms in total. The SMILES string of the molecule is Fc1c(F)c(F)c(/C=N\Nc2ccc(Cl)nn2)c(F)c1F. The molecule has 1 aromatic heterocycles. The van der Waals surface area contributed by atoms with E-state index in [0.717, 1.165) is 0 Å². The zero-order chi connectivity index (χ0) is 15.6. The van der Waals surface area contributed by atoms with E-state index >= 15 is 0 Å². The molecule has 0 spiro atoms. The van der Waals surface area contributed by atoms with E-state index < -0.39 is 34.6 Å². The number of hydrogen-bond acceptors (Lipinski definition) is 4. The summed E-state index contributed by atoms with van der Waals surface area (Å²) in [6, 6.07) is 2.69. The van der Waals surface area contributed by atoms with Gasteiger partial charge in [-0.15, -0.1) is 10.2 Å². The van der Waals surface area contributed by atoms with Gasteiger partial charge in [-0.3, -0.25) is 5.43 Å².